The first-order chi connectivity index (χ1) is 13.4. The molecule has 3 rings (SSSR count). The molecule has 2 aromatic rings. The van der Waals surface area contributed by atoms with E-state index in [0.717, 1.165) is 0 Å². The molecule has 0 atom stereocenters. The van der Waals surface area contributed by atoms with E-state index < -0.39 is 17.7 Å². The van der Waals surface area contributed by atoms with Gasteiger partial charge in [-0.15, -0.1) is 0 Å². The molecule has 28 heavy (non-hydrogen) atoms. The van der Waals surface area contributed by atoms with Crippen molar-refractivity contribution in [1.82, 2.24) is 10.6 Å². The van der Waals surface area contributed by atoms with Crippen molar-refractivity contribution in [2.75, 3.05) is 25.2 Å². The van der Waals surface area contributed by atoms with Crippen LogP contribution in [0.4, 0.5) is 5.69 Å². The number of nitrogens with one attached hydrogen (secondary N) is 3. The lowest BCUT2D eigenvalue weighted by Crippen LogP contribution is -2.40. The number of hydrogen-bond acceptors (Lipinski definition) is 5. The zero-order valence-corrected chi connectivity index (χ0v) is 15.9. The molecule has 2 aromatic carbocycles. The highest BCUT2D eigenvalue weighted by Crippen LogP contribution is 2.34. The number of carbonyl (C=O) groups excluding carboxylic acids is 3. The summed E-state index contributed by atoms with van der Waals surface area (Å²) < 4.78 is 10.4. The monoisotopic (exact) mass is 423 g/mol. The van der Waals surface area contributed by atoms with Gasteiger partial charge < -0.3 is 25.4 Å². The summed E-state index contributed by atoms with van der Waals surface area (Å²) in [6.45, 7) is -0.435. The second-order valence-corrected chi connectivity index (χ2v) is 6.54. The maximum absolute atomic E-state index is 12.0. The quantitative estimate of drug-likeness (QED) is 0.660. The summed E-state index contributed by atoms with van der Waals surface area (Å²) in [6.07, 6.45) is 0. The molecule has 8 nitrogen and oxygen atoms in total. The number of anilines is 1. The molecular weight excluding hydrogens is 409 g/mol. The highest BCUT2D eigenvalue weighted by atomic mass is 35.5. The Balaban J connectivity index is 1.42. The third-order valence-corrected chi connectivity index (χ3v) is 4.24. The molecule has 1 heterocycles. The molecular formula is C18H15Cl2N3O5. The zero-order valence-electron chi connectivity index (χ0n) is 14.4. The number of rotatable bonds is 6. The number of fused-ring (bicyclic) bond motifs is 1. The van der Waals surface area contributed by atoms with Crippen molar-refractivity contribution in [1.29, 1.82) is 0 Å². The van der Waals surface area contributed by atoms with Crippen LogP contribution in [0.15, 0.2) is 36.4 Å². The van der Waals surface area contributed by atoms with Gasteiger partial charge in [-0.1, -0.05) is 23.2 Å². The molecule has 0 radical (unpaired) electrons. The van der Waals surface area contributed by atoms with Gasteiger partial charge in [-0.25, -0.2) is 0 Å². The van der Waals surface area contributed by atoms with Crippen LogP contribution in [0.5, 0.6) is 11.5 Å². The van der Waals surface area contributed by atoms with Crippen molar-refractivity contribution >= 4 is 46.6 Å². The number of amides is 3. The minimum Gasteiger partial charge on any atom is -0.454 e. The number of hydrogen-bond donors (Lipinski definition) is 3. The first kappa shape index (κ1) is 19.8. The van der Waals surface area contributed by atoms with E-state index in [1.807, 2.05) is 0 Å². The van der Waals surface area contributed by atoms with Crippen LogP contribution in [0, 0.1) is 0 Å². The van der Waals surface area contributed by atoms with Crippen LogP contribution in [0.1, 0.15) is 10.4 Å². The van der Waals surface area contributed by atoms with Crippen LogP contribution in [0.3, 0.4) is 0 Å². The molecule has 0 aromatic heterocycles. The van der Waals surface area contributed by atoms with E-state index in [-0.39, 0.29) is 30.5 Å². The minimum atomic E-state index is -0.528. The fourth-order valence-corrected chi connectivity index (χ4v) is 2.84. The molecule has 3 N–H and O–H groups in total. The Morgan fingerprint density at radius 3 is 2.43 bits per heavy atom. The fraction of sp³-hybridized carbons (Fsp3) is 0.167. The molecule has 0 aliphatic carbocycles. The molecule has 0 saturated carbocycles. The number of ether oxygens (including phenoxy) is 2. The summed E-state index contributed by atoms with van der Waals surface area (Å²) in [5, 5.41) is 8.02. The molecule has 0 fully saturated rings. The van der Waals surface area contributed by atoms with E-state index in [1.54, 1.807) is 18.2 Å². The number of halogens is 2. The lowest BCUT2D eigenvalue weighted by atomic mass is 10.2. The van der Waals surface area contributed by atoms with Gasteiger partial charge >= 0.3 is 0 Å². The smallest absolute Gasteiger partial charge is 0.253 e. The van der Waals surface area contributed by atoms with E-state index in [2.05, 4.69) is 16.0 Å². The van der Waals surface area contributed by atoms with Gasteiger partial charge in [-0.3, -0.25) is 14.4 Å². The summed E-state index contributed by atoms with van der Waals surface area (Å²) in [7, 11) is 0. The normalized spacial score (nSPS) is 11.6. The lowest BCUT2D eigenvalue weighted by Gasteiger charge is -2.09. The van der Waals surface area contributed by atoms with E-state index in [0.29, 0.717) is 22.2 Å². The molecule has 3 amide bonds. The average molecular weight is 424 g/mol. The molecule has 1 aliphatic heterocycles. The third-order valence-electron chi connectivity index (χ3n) is 3.69. The molecule has 1 aliphatic rings. The summed E-state index contributed by atoms with van der Waals surface area (Å²) in [6, 6.07) is 9.35. The van der Waals surface area contributed by atoms with Crippen molar-refractivity contribution in [3.63, 3.8) is 0 Å². The summed E-state index contributed by atoms with van der Waals surface area (Å²) in [5.74, 6) is -0.353. The van der Waals surface area contributed by atoms with E-state index in [9.17, 15) is 14.4 Å². The van der Waals surface area contributed by atoms with E-state index in [1.165, 1.54) is 18.2 Å². The van der Waals surface area contributed by atoms with Crippen molar-refractivity contribution < 1.29 is 23.9 Å². The predicted octanol–water partition coefficient (Wildman–Crippen LogP) is 2.21. The summed E-state index contributed by atoms with van der Waals surface area (Å²) in [4.78, 5) is 35.8. The lowest BCUT2D eigenvalue weighted by molar-refractivity contribution is -0.123. The van der Waals surface area contributed by atoms with E-state index >= 15 is 0 Å². The van der Waals surface area contributed by atoms with Crippen molar-refractivity contribution in [3.05, 3.63) is 52.0 Å². The summed E-state index contributed by atoms with van der Waals surface area (Å²) in [5.41, 5.74) is 0.702. The standard InChI is InChI=1S/C18H15Cl2N3O5/c19-10-1-3-12(13(20)5-10)18(26)22-7-16(24)21-8-17(25)23-11-2-4-14-15(6-11)28-9-27-14/h1-6H,7-9H2,(H,21,24)(H,22,26)(H,23,25). The molecule has 0 unspecified atom stereocenters. The van der Waals surface area contributed by atoms with Gasteiger partial charge in [0.1, 0.15) is 0 Å². The second kappa shape index (κ2) is 8.81. The Kier molecular flexibility index (Phi) is 6.23. The zero-order chi connectivity index (χ0) is 20.1. The van der Waals surface area contributed by atoms with Gasteiger partial charge in [0.25, 0.3) is 5.91 Å². The third kappa shape index (κ3) is 5.05. The van der Waals surface area contributed by atoms with Gasteiger partial charge in [0, 0.05) is 16.8 Å². The second-order valence-electron chi connectivity index (χ2n) is 5.70. The summed E-state index contributed by atoms with van der Waals surface area (Å²) >= 11 is 11.7. The number of benzene rings is 2. The maximum Gasteiger partial charge on any atom is 0.253 e. The van der Waals surface area contributed by atoms with Crippen LogP contribution >= 0.6 is 23.2 Å². The topological polar surface area (TPSA) is 106 Å². The van der Waals surface area contributed by atoms with Gasteiger partial charge in [-0.05, 0) is 30.3 Å². The number of carbonyl (C=O) groups is 3. The van der Waals surface area contributed by atoms with Crippen molar-refractivity contribution in [2.45, 2.75) is 0 Å². The fourth-order valence-electron chi connectivity index (χ4n) is 2.35. The maximum atomic E-state index is 12.0. The Bertz CT molecular complexity index is 935. The highest BCUT2D eigenvalue weighted by Gasteiger charge is 2.15. The van der Waals surface area contributed by atoms with Crippen LogP contribution in [0.2, 0.25) is 10.0 Å². The highest BCUT2D eigenvalue weighted by molar-refractivity contribution is 6.36. The van der Waals surface area contributed by atoms with Crippen LogP contribution < -0.4 is 25.4 Å². The molecule has 0 bridgehead atoms. The minimum absolute atomic E-state index is 0.135. The van der Waals surface area contributed by atoms with Gasteiger partial charge in [0.2, 0.25) is 18.6 Å². The Morgan fingerprint density at radius 1 is 0.893 bits per heavy atom. The largest absolute Gasteiger partial charge is 0.454 e. The van der Waals surface area contributed by atoms with Crippen LogP contribution in [-0.4, -0.2) is 37.6 Å². The van der Waals surface area contributed by atoms with Crippen molar-refractivity contribution in [3.8, 4) is 11.5 Å². The van der Waals surface area contributed by atoms with Gasteiger partial charge in [0.05, 0.1) is 23.7 Å². The molecule has 10 heteroatoms. The van der Waals surface area contributed by atoms with Crippen LogP contribution in [-0.2, 0) is 9.59 Å². The first-order valence-corrected chi connectivity index (χ1v) is 8.87. The average Bonchev–Trinajstić information content (AvgIpc) is 3.12. The van der Waals surface area contributed by atoms with Crippen molar-refractivity contribution in [2.24, 2.45) is 0 Å². The van der Waals surface area contributed by atoms with Crippen LogP contribution in [0.25, 0.3) is 0 Å². The Morgan fingerprint density at radius 2 is 1.64 bits per heavy atom. The molecule has 146 valence electrons. The SMILES string of the molecule is O=C(CNC(=O)c1ccc(Cl)cc1Cl)NCC(=O)Nc1ccc2c(c1)OCO2. The Labute approximate surface area is 170 Å². The van der Waals surface area contributed by atoms with Gasteiger partial charge in [0.15, 0.2) is 11.5 Å². The molecule has 0 saturated heterocycles. The predicted molar refractivity (Wildman–Crippen MR) is 103 cm³/mol. The molecule has 0 spiro atoms. The van der Waals surface area contributed by atoms with E-state index in [4.69, 9.17) is 32.7 Å². The first-order valence-electron chi connectivity index (χ1n) is 8.12. The Hall–Kier alpha value is -2.97. The van der Waals surface area contributed by atoms with Gasteiger partial charge in [-0.2, -0.15) is 0 Å².